The van der Waals surface area contributed by atoms with Crippen molar-refractivity contribution in [3.8, 4) is 0 Å². The predicted octanol–water partition coefficient (Wildman–Crippen LogP) is 4.60. The van der Waals surface area contributed by atoms with E-state index in [0.29, 0.717) is 0 Å². The number of hydrogen-bond donors (Lipinski definition) is 0. The van der Waals surface area contributed by atoms with E-state index in [9.17, 15) is 0 Å². The second kappa shape index (κ2) is 8.24. The molecule has 0 aliphatic rings. The molecule has 0 aliphatic carbocycles. The van der Waals surface area contributed by atoms with E-state index in [1.807, 2.05) is 12.1 Å². The monoisotopic (exact) mass is 377 g/mol. The van der Waals surface area contributed by atoms with Gasteiger partial charge in [-0.1, -0.05) is 96.4 Å². The van der Waals surface area contributed by atoms with Crippen LogP contribution in [0.1, 0.15) is 36.1 Å². The molecule has 3 rings (SSSR count). The fraction of sp³-hybridized carbons (Fsp3) is 0.250. The summed E-state index contributed by atoms with van der Waals surface area (Å²) >= 11 is 6.68. The van der Waals surface area contributed by atoms with Crippen LogP contribution in [0.15, 0.2) is 60.7 Å². The first kappa shape index (κ1) is 18.9. The van der Waals surface area contributed by atoms with Gasteiger partial charge in [0.25, 0.3) is 0 Å². The molecule has 0 N–H and O–H groups in total. The molecule has 0 saturated heterocycles. The first-order valence-electron chi connectivity index (χ1n) is 9.36. The lowest BCUT2D eigenvalue weighted by Gasteiger charge is -2.22. The van der Waals surface area contributed by atoms with Crippen LogP contribution in [0.25, 0.3) is 0 Å². The Morgan fingerprint density at radius 2 is 1.42 bits per heavy atom. The third-order valence-corrected chi connectivity index (χ3v) is 8.37. The molecule has 0 heterocycles. The zero-order chi connectivity index (χ0) is 18.7. The number of benzene rings is 3. The van der Waals surface area contributed by atoms with Gasteiger partial charge in [-0.05, 0) is 54.3 Å². The Hall–Kier alpha value is -1.83. The lowest BCUT2D eigenvalue weighted by atomic mass is 10.1. The van der Waals surface area contributed by atoms with Crippen molar-refractivity contribution in [2.75, 3.05) is 0 Å². The molecule has 26 heavy (non-hydrogen) atoms. The summed E-state index contributed by atoms with van der Waals surface area (Å²) in [6, 6.07) is 22.3. The Morgan fingerprint density at radius 1 is 0.769 bits per heavy atom. The molecule has 3 aromatic carbocycles. The lowest BCUT2D eigenvalue weighted by molar-refractivity contribution is 1.09. The van der Waals surface area contributed by atoms with E-state index in [1.54, 1.807) is 0 Å². The molecule has 2 heteroatoms. The molecular weight excluding hydrogens is 352 g/mol. The summed E-state index contributed by atoms with van der Waals surface area (Å²) in [5, 5.41) is 5.04. The van der Waals surface area contributed by atoms with Crippen LogP contribution < -0.4 is 15.6 Å². The molecule has 0 aliphatic heterocycles. The highest BCUT2D eigenvalue weighted by Gasteiger charge is 2.24. The highest BCUT2D eigenvalue weighted by molar-refractivity contribution is 6.96. The van der Waals surface area contributed by atoms with Crippen molar-refractivity contribution in [3.63, 3.8) is 0 Å². The van der Waals surface area contributed by atoms with E-state index >= 15 is 0 Å². The molecule has 1 radical (unpaired) electrons. The van der Waals surface area contributed by atoms with E-state index in [2.05, 4.69) is 76.2 Å². The minimum Gasteiger partial charge on any atom is -0.0845 e. The van der Waals surface area contributed by atoms with Gasteiger partial charge in [0.05, 0.1) is 0 Å². The quantitative estimate of drug-likeness (QED) is 0.450. The molecule has 3 aromatic rings. The predicted molar refractivity (Wildman–Crippen MR) is 117 cm³/mol. The van der Waals surface area contributed by atoms with Crippen molar-refractivity contribution in [3.05, 3.63) is 87.9 Å². The van der Waals surface area contributed by atoms with Crippen LogP contribution in [0.2, 0.25) is 5.02 Å². The SMILES string of the molecule is CCc1cc(CC)cc([Si](c2cc(C)ccc2C)c2ccccc2Cl)c1. The summed E-state index contributed by atoms with van der Waals surface area (Å²) in [6.07, 6.45) is 2.12. The van der Waals surface area contributed by atoms with Crippen molar-refractivity contribution >= 4 is 36.0 Å². The highest BCUT2D eigenvalue weighted by Crippen LogP contribution is 2.12. The molecule has 0 unspecified atom stereocenters. The fourth-order valence-corrected chi connectivity index (χ4v) is 6.87. The second-order valence-corrected chi connectivity index (χ2v) is 9.73. The Bertz CT molecular complexity index is 892. The van der Waals surface area contributed by atoms with Crippen LogP contribution in [-0.2, 0) is 12.8 Å². The van der Waals surface area contributed by atoms with E-state index < -0.39 is 8.80 Å². The minimum atomic E-state index is -1.16. The third-order valence-electron chi connectivity index (χ3n) is 4.96. The number of rotatable bonds is 5. The van der Waals surface area contributed by atoms with Gasteiger partial charge in [0.2, 0.25) is 0 Å². The Balaban J connectivity index is 2.29. The van der Waals surface area contributed by atoms with E-state index in [4.69, 9.17) is 11.6 Å². The van der Waals surface area contributed by atoms with Crippen LogP contribution in [0.4, 0.5) is 0 Å². The molecule has 0 amide bonds. The van der Waals surface area contributed by atoms with Gasteiger partial charge in [-0.15, -0.1) is 0 Å². The van der Waals surface area contributed by atoms with Crippen molar-refractivity contribution in [2.45, 2.75) is 40.5 Å². The van der Waals surface area contributed by atoms with Crippen LogP contribution in [0, 0.1) is 13.8 Å². The van der Waals surface area contributed by atoms with Crippen molar-refractivity contribution < 1.29 is 0 Å². The van der Waals surface area contributed by atoms with Crippen molar-refractivity contribution in [1.29, 1.82) is 0 Å². The fourth-order valence-electron chi connectivity index (χ4n) is 3.44. The first-order valence-corrected chi connectivity index (χ1v) is 11.2. The highest BCUT2D eigenvalue weighted by atomic mass is 35.5. The smallest absolute Gasteiger partial charge is 0.0845 e. The van der Waals surface area contributed by atoms with Gasteiger partial charge in [-0.25, -0.2) is 0 Å². The van der Waals surface area contributed by atoms with Crippen LogP contribution in [-0.4, -0.2) is 8.80 Å². The summed E-state index contributed by atoms with van der Waals surface area (Å²) < 4.78 is 0. The molecule has 0 fully saturated rings. The summed E-state index contributed by atoms with van der Waals surface area (Å²) in [5.41, 5.74) is 5.49. The molecule has 0 nitrogen and oxygen atoms in total. The first-order chi connectivity index (χ1) is 12.5. The van der Waals surface area contributed by atoms with Gasteiger partial charge >= 0.3 is 0 Å². The maximum absolute atomic E-state index is 6.68. The Kier molecular flexibility index (Phi) is 6.00. The standard InChI is InChI=1S/C24H26ClSi/c1-5-19-14-20(6-2)16-21(15-19)26(23-10-8-7-9-22(23)25)24-13-17(3)11-12-18(24)4/h7-16H,5-6H2,1-4H3. The van der Waals surface area contributed by atoms with Crippen LogP contribution in [0.5, 0.6) is 0 Å². The van der Waals surface area contributed by atoms with Gasteiger partial charge in [-0.3, -0.25) is 0 Å². The third kappa shape index (κ3) is 3.95. The maximum atomic E-state index is 6.68. The number of hydrogen-bond acceptors (Lipinski definition) is 0. The lowest BCUT2D eigenvalue weighted by Crippen LogP contribution is -2.53. The van der Waals surface area contributed by atoms with E-state index in [1.165, 1.54) is 37.8 Å². The summed E-state index contributed by atoms with van der Waals surface area (Å²) in [4.78, 5) is 0. The molecular formula is C24H26ClSi. The largest absolute Gasteiger partial charge is 0.156 e. The molecule has 0 aromatic heterocycles. The average Bonchev–Trinajstić information content (AvgIpc) is 2.66. The summed E-state index contributed by atoms with van der Waals surface area (Å²) in [6.45, 7) is 8.87. The Labute approximate surface area is 164 Å². The molecule has 133 valence electrons. The molecule has 0 saturated carbocycles. The Morgan fingerprint density at radius 3 is 2.04 bits per heavy atom. The topological polar surface area (TPSA) is 0 Å². The second-order valence-electron chi connectivity index (χ2n) is 6.92. The van der Waals surface area contributed by atoms with Crippen molar-refractivity contribution in [2.24, 2.45) is 0 Å². The number of halogens is 1. The van der Waals surface area contributed by atoms with Crippen LogP contribution in [0.3, 0.4) is 0 Å². The van der Waals surface area contributed by atoms with Gasteiger partial charge < -0.3 is 0 Å². The average molecular weight is 378 g/mol. The van der Waals surface area contributed by atoms with E-state index in [0.717, 1.165) is 17.9 Å². The van der Waals surface area contributed by atoms with Crippen molar-refractivity contribution in [1.82, 2.24) is 0 Å². The zero-order valence-electron chi connectivity index (χ0n) is 16.1. The molecule has 0 atom stereocenters. The maximum Gasteiger partial charge on any atom is 0.156 e. The van der Waals surface area contributed by atoms with Gasteiger partial charge in [0, 0.05) is 5.02 Å². The molecule has 0 bridgehead atoms. The van der Waals surface area contributed by atoms with Gasteiger partial charge in [-0.2, -0.15) is 0 Å². The van der Waals surface area contributed by atoms with Crippen LogP contribution >= 0.6 is 11.6 Å². The summed E-state index contributed by atoms with van der Waals surface area (Å²) in [7, 11) is -1.16. The minimum absolute atomic E-state index is 0.877. The normalized spacial score (nSPS) is 11.2. The molecule has 0 spiro atoms. The van der Waals surface area contributed by atoms with E-state index in [-0.39, 0.29) is 0 Å². The number of aryl methyl sites for hydroxylation is 4. The van der Waals surface area contributed by atoms with Gasteiger partial charge in [0.1, 0.15) is 0 Å². The summed E-state index contributed by atoms with van der Waals surface area (Å²) in [5.74, 6) is 0. The zero-order valence-corrected chi connectivity index (χ0v) is 17.8. The van der Waals surface area contributed by atoms with Gasteiger partial charge in [0.15, 0.2) is 8.80 Å².